The van der Waals surface area contributed by atoms with Crippen LogP contribution < -0.4 is 5.32 Å². The fourth-order valence-electron chi connectivity index (χ4n) is 2.86. The topological polar surface area (TPSA) is 12.0 Å². The summed E-state index contributed by atoms with van der Waals surface area (Å²) in [5.41, 5.74) is 0.577. The van der Waals surface area contributed by atoms with Gasteiger partial charge in [-0.05, 0) is 48.9 Å². The third-order valence-electron chi connectivity index (χ3n) is 3.59. The smallest absolute Gasteiger partial charge is 0.313 e. The van der Waals surface area contributed by atoms with Gasteiger partial charge < -0.3 is 5.32 Å². The molecule has 1 aromatic rings. The second-order valence-electron chi connectivity index (χ2n) is 7.07. The molecule has 1 rings (SSSR count). The second kappa shape index (κ2) is 6.82. The molecule has 0 fully saturated rings. The van der Waals surface area contributed by atoms with E-state index < -0.39 is 11.7 Å². The molecule has 1 N–H and O–H groups in total. The second-order valence-corrected chi connectivity index (χ2v) is 7.07. The Morgan fingerprint density at radius 3 is 1.95 bits per heavy atom. The van der Waals surface area contributed by atoms with Gasteiger partial charge in [-0.2, -0.15) is 13.2 Å². The zero-order valence-corrected chi connectivity index (χ0v) is 13.5. The van der Waals surface area contributed by atoms with E-state index in [2.05, 4.69) is 33.0 Å². The van der Waals surface area contributed by atoms with Crippen LogP contribution in [0.3, 0.4) is 0 Å². The monoisotopic (exact) mass is 301 g/mol. The van der Waals surface area contributed by atoms with E-state index in [4.69, 9.17) is 0 Å². The lowest BCUT2D eigenvalue weighted by Crippen LogP contribution is -2.21. The summed E-state index contributed by atoms with van der Waals surface area (Å²) in [6, 6.07) is 5.56. The van der Waals surface area contributed by atoms with E-state index in [0.29, 0.717) is 5.92 Å². The van der Waals surface area contributed by atoms with E-state index in [1.807, 2.05) is 7.05 Å². The largest absolute Gasteiger partial charge is 0.416 e. The molecule has 0 aliphatic heterocycles. The van der Waals surface area contributed by atoms with E-state index in [1.54, 1.807) is 12.1 Å². The van der Waals surface area contributed by atoms with Crippen molar-refractivity contribution in [2.24, 2.45) is 11.3 Å². The van der Waals surface area contributed by atoms with Crippen LogP contribution in [-0.4, -0.2) is 7.05 Å². The lowest BCUT2D eigenvalue weighted by molar-refractivity contribution is -0.137. The maximum absolute atomic E-state index is 12.6. The summed E-state index contributed by atoms with van der Waals surface area (Å²) < 4.78 is 37.7. The zero-order chi connectivity index (χ0) is 16.3. The molecule has 0 radical (unpaired) electrons. The summed E-state index contributed by atoms with van der Waals surface area (Å²) >= 11 is 0. The van der Waals surface area contributed by atoms with Crippen molar-refractivity contribution in [3.05, 3.63) is 35.4 Å². The first-order valence-electron chi connectivity index (χ1n) is 7.37. The van der Waals surface area contributed by atoms with Crippen molar-refractivity contribution in [1.82, 2.24) is 5.32 Å². The Morgan fingerprint density at radius 2 is 1.57 bits per heavy atom. The number of rotatable bonds is 5. The van der Waals surface area contributed by atoms with Crippen LogP contribution >= 0.6 is 0 Å². The molecule has 2 unspecified atom stereocenters. The molecule has 1 nitrogen and oxygen atoms in total. The SMILES string of the molecule is CNC(CC(C)CC(C)(C)C)c1ccc(C(F)(F)F)cc1. The summed E-state index contributed by atoms with van der Waals surface area (Å²) in [7, 11) is 1.85. The molecule has 0 aliphatic carbocycles. The quantitative estimate of drug-likeness (QED) is 0.765. The first-order chi connectivity index (χ1) is 9.53. The van der Waals surface area contributed by atoms with Crippen molar-refractivity contribution >= 4 is 0 Å². The highest BCUT2D eigenvalue weighted by molar-refractivity contribution is 5.26. The van der Waals surface area contributed by atoms with Crippen LogP contribution in [0.4, 0.5) is 13.2 Å². The molecule has 0 spiro atoms. The average molecular weight is 301 g/mol. The Hall–Kier alpha value is -1.03. The van der Waals surface area contributed by atoms with Gasteiger partial charge in [-0.3, -0.25) is 0 Å². The Labute approximate surface area is 125 Å². The number of nitrogens with one attached hydrogen (secondary N) is 1. The van der Waals surface area contributed by atoms with Crippen molar-refractivity contribution in [2.75, 3.05) is 7.05 Å². The molecule has 1 aromatic carbocycles. The Kier molecular flexibility index (Phi) is 5.85. The van der Waals surface area contributed by atoms with Gasteiger partial charge in [0, 0.05) is 6.04 Å². The third-order valence-corrected chi connectivity index (χ3v) is 3.59. The fraction of sp³-hybridized carbons (Fsp3) is 0.647. The van der Waals surface area contributed by atoms with E-state index in [9.17, 15) is 13.2 Å². The Bertz CT molecular complexity index is 429. The van der Waals surface area contributed by atoms with E-state index >= 15 is 0 Å². The summed E-state index contributed by atoms with van der Waals surface area (Å²) in [5, 5.41) is 3.21. The van der Waals surface area contributed by atoms with Gasteiger partial charge in [0.05, 0.1) is 5.56 Å². The fourth-order valence-corrected chi connectivity index (χ4v) is 2.86. The lowest BCUT2D eigenvalue weighted by atomic mass is 9.82. The molecule has 0 aliphatic rings. The van der Waals surface area contributed by atoms with Crippen molar-refractivity contribution in [3.8, 4) is 0 Å². The number of alkyl halides is 3. The van der Waals surface area contributed by atoms with Crippen molar-refractivity contribution < 1.29 is 13.2 Å². The minimum absolute atomic E-state index is 0.0876. The predicted molar refractivity (Wildman–Crippen MR) is 81.1 cm³/mol. The number of hydrogen-bond acceptors (Lipinski definition) is 1. The molecular formula is C17H26F3N. The summed E-state index contributed by atoms with van der Waals surface area (Å²) in [6.45, 7) is 8.81. The normalized spacial score (nSPS) is 15.8. The average Bonchev–Trinajstić information content (AvgIpc) is 2.33. The molecule has 21 heavy (non-hydrogen) atoms. The first-order valence-corrected chi connectivity index (χ1v) is 7.37. The highest BCUT2D eigenvalue weighted by Crippen LogP contribution is 2.33. The molecule has 0 saturated heterocycles. The maximum Gasteiger partial charge on any atom is 0.416 e. The number of hydrogen-bond donors (Lipinski definition) is 1. The van der Waals surface area contributed by atoms with Crippen molar-refractivity contribution in [1.29, 1.82) is 0 Å². The predicted octanol–water partition coefficient (Wildman–Crippen LogP) is 5.43. The third kappa shape index (κ3) is 6.08. The molecule has 2 atom stereocenters. The van der Waals surface area contributed by atoms with Crippen LogP contribution in [0, 0.1) is 11.3 Å². The van der Waals surface area contributed by atoms with Gasteiger partial charge in [-0.15, -0.1) is 0 Å². The molecule has 120 valence electrons. The van der Waals surface area contributed by atoms with Gasteiger partial charge in [0.1, 0.15) is 0 Å². The summed E-state index contributed by atoms with van der Waals surface area (Å²) in [5.74, 6) is 0.504. The van der Waals surface area contributed by atoms with Crippen LogP contribution in [0.15, 0.2) is 24.3 Å². The van der Waals surface area contributed by atoms with E-state index in [-0.39, 0.29) is 11.5 Å². The summed E-state index contributed by atoms with van der Waals surface area (Å²) in [6.07, 6.45) is -2.27. The molecule has 4 heteroatoms. The van der Waals surface area contributed by atoms with Crippen LogP contribution in [-0.2, 0) is 6.18 Å². The molecule has 0 amide bonds. The first kappa shape index (κ1) is 18.0. The van der Waals surface area contributed by atoms with Crippen molar-refractivity contribution in [2.45, 2.75) is 52.8 Å². The van der Waals surface area contributed by atoms with Crippen LogP contribution in [0.1, 0.15) is 57.7 Å². The van der Waals surface area contributed by atoms with Gasteiger partial charge in [0.25, 0.3) is 0 Å². The summed E-state index contributed by atoms with van der Waals surface area (Å²) in [4.78, 5) is 0. The van der Waals surface area contributed by atoms with Crippen LogP contribution in [0.2, 0.25) is 0 Å². The number of halogens is 3. The molecule has 0 heterocycles. The Morgan fingerprint density at radius 1 is 1.05 bits per heavy atom. The van der Waals surface area contributed by atoms with Gasteiger partial charge >= 0.3 is 6.18 Å². The van der Waals surface area contributed by atoms with Crippen LogP contribution in [0.5, 0.6) is 0 Å². The van der Waals surface area contributed by atoms with Crippen LogP contribution in [0.25, 0.3) is 0 Å². The molecule has 0 bridgehead atoms. The van der Waals surface area contributed by atoms with Gasteiger partial charge in [-0.1, -0.05) is 39.8 Å². The van der Waals surface area contributed by atoms with Gasteiger partial charge in [-0.25, -0.2) is 0 Å². The standard InChI is InChI=1S/C17H26F3N/c1-12(11-16(2,3)4)10-15(21-5)13-6-8-14(9-7-13)17(18,19)20/h6-9,12,15,21H,10-11H2,1-5H3. The highest BCUT2D eigenvalue weighted by atomic mass is 19.4. The molecule has 0 saturated carbocycles. The highest BCUT2D eigenvalue weighted by Gasteiger charge is 2.30. The minimum atomic E-state index is -4.27. The number of benzene rings is 1. The molecule has 0 aromatic heterocycles. The maximum atomic E-state index is 12.6. The minimum Gasteiger partial charge on any atom is -0.313 e. The van der Waals surface area contributed by atoms with E-state index in [1.165, 1.54) is 0 Å². The van der Waals surface area contributed by atoms with E-state index in [0.717, 1.165) is 30.5 Å². The molecular weight excluding hydrogens is 275 g/mol. The van der Waals surface area contributed by atoms with Gasteiger partial charge in [0.15, 0.2) is 0 Å². The van der Waals surface area contributed by atoms with Crippen molar-refractivity contribution in [3.63, 3.8) is 0 Å². The lowest BCUT2D eigenvalue weighted by Gasteiger charge is -2.27. The van der Waals surface area contributed by atoms with Gasteiger partial charge in [0.2, 0.25) is 0 Å². The zero-order valence-electron chi connectivity index (χ0n) is 13.5. The Balaban J connectivity index is 2.76.